The highest BCUT2D eigenvalue weighted by Gasteiger charge is 2.17. The van der Waals surface area contributed by atoms with E-state index in [0.29, 0.717) is 13.0 Å². The average Bonchev–Trinajstić information content (AvgIpc) is 2.27. The predicted molar refractivity (Wildman–Crippen MR) is 73.2 cm³/mol. The SMILES string of the molecule is CCC(C)S(=O)(=O)CCNc1cccc(C)c1. The number of benzene rings is 1. The van der Waals surface area contributed by atoms with Crippen LogP contribution in [0.3, 0.4) is 0 Å². The van der Waals surface area contributed by atoms with Crippen LogP contribution in [-0.2, 0) is 9.84 Å². The second kappa shape index (κ2) is 6.05. The van der Waals surface area contributed by atoms with Gasteiger partial charge in [-0.2, -0.15) is 0 Å². The second-order valence-corrected chi connectivity index (χ2v) is 6.92. The van der Waals surface area contributed by atoms with E-state index in [1.807, 2.05) is 38.1 Å². The molecule has 0 saturated carbocycles. The Labute approximate surface area is 104 Å². The van der Waals surface area contributed by atoms with Crippen LogP contribution in [0.15, 0.2) is 24.3 Å². The van der Waals surface area contributed by atoms with Crippen LogP contribution in [0.4, 0.5) is 5.69 Å². The average molecular weight is 255 g/mol. The summed E-state index contributed by atoms with van der Waals surface area (Å²) in [6, 6.07) is 7.93. The second-order valence-electron chi connectivity index (χ2n) is 4.38. The monoisotopic (exact) mass is 255 g/mol. The quantitative estimate of drug-likeness (QED) is 0.850. The van der Waals surface area contributed by atoms with Crippen molar-refractivity contribution < 1.29 is 8.42 Å². The van der Waals surface area contributed by atoms with Gasteiger partial charge in [-0.25, -0.2) is 8.42 Å². The van der Waals surface area contributed by atoms with E-state index in [2.05, 4.69) is 5.32 Å². The van der Waals surface area contributed by atoms with Crippen LogP contribution in [0.2, 0.25) is 0 Å². The van der Waals surface area contributed by atoms with Crippen molar-refractivity contribution in [2.75, 3.05) is 17.6 Å². The molecule has 17 heavy (non-hydrogen) atoms. The lowest BCUT2D eigenvalue weighted by molar-refractivity contribution is 0.581. The van der Waals surface area contributed by atoms with Crippen molar-refractivity contribution in [1.82, 2.24) is 0 Å². The predicted octanol–water partition coefficient (Wildman–Crippen LogP) is 2.62. The van der Waals surface area contributed by atoms with Gasteiger partial charge in [-0.15, -0.1) is 0 Å². The number of aryl methyl sites for hydroxylation is 1. The molecule has 0 aliphatic heterocycles. The molecule has 0 saturated heterocycles. The van der Waals surface area contributed by atoms with Gasteiger partial charge < -0.3 is 5.32 Å². The van der Waals surface area contributed by atoms with Crippen molar-refractivity contribution in [2.24, 2.45) is 0 Å². The number of hydrogen-bond acceptors (Lipinski definition) is 3. The summed E-state index contributed by atoms with van der Waals surface area (Å²) in [6.45, 7) is 6.15. The minimum Gasteiger partial charge on any atom is -0.384 e. The fourth-order valence-corrected chi connectivity index (χ4v) is 2.84. The normalized spacial score (nSPS) is 13.4. The zero-order chi connectivity index (χ0) is 12.9. The molecule has 0 amide bonds. The summed E-state index contributed by atoms with van der Waals surface area (Å²) in [5.41, 5.74) is 2.14. The standard InChI is InChI=1S/C13H21NO2S/c1-4-12(3)17(15,16)9-8-14-13-7-5-6-11(2)10-13/h5-7,10,12,14H,4,8-9H2,1-3H3. The van der Waals surface area contributed by atoms with Crippen LogP contribution in [0, 0.1) is 6.92 Å². The van der Waals surface area contributed by atoms with Crippen molar-refractivity contribution in [3.05, 3.63) is 29.8 Å². The Morgan fingerprint density at radius 3 is 2.65 bits per heavy atom. The number of hydrogen-bond donors (Lipinski definition) is 1. The molecule has 1 unspecified atom stereocenters. The molecule has 0 aliphatic rings. The summed E-state index contributed by atoms with van der Waals surface area (Å²) in [7, 11) is -2.95. The zero-order valence-electron chi connectivity index (χ0n) is 10.7. The van der Waals surface area contributed by atoms with Gasteiger partial charge >= 0.3 is 0 Å². The van der Waals surface area contributed by atoms with Crippen molar-refractivity contribution >= 4 is 15.5 Å². The van der Waals surface area contributed by atoms with Gasteiger partial charge in [-0.1, -0.05) is 19.1 Å². The van der Waals surface area contributed by atoms with Gasteiger partial charge in [0, 0.05) is 12.2 Å². The molecule has 1 rings (SSSR count). The van der Waals surface area contributed by atoms with E-state index >= 15 is 0 Å². The molecule has 0 spiro atoms. The first-order valence-corrected chi connectivity index (χ1v) is 7.69. The molecule has 0 aliphatic carbocycles. The van der Waals surface area contributed by atoms with E-state index < -0.39 is 9.84 Å². The van der Waals surface area contributed by atoms with Crippen LogP contribution in [0.5, 0.6) is 0 Å². The topological polar surface area (TPSA) is 46.2 Å². The molecular formula is C13H21NO2S. The first kappa shape index (κ1) is 14.0. The first-order chi connectivity index (χ1) is 7.95. The van der Waals surface area contributed by atoms with Crippen LogP contribution >= 0.6 is 0 Å². The van der Waals surface area contributed by atoms with E-state index in [4.69, 9.17) is 0 Å². The van der Waals surface area contributed by atoms with E-state index in [-0.39, 0.29) is 11.0 Å². The Morgan fingerprint density at radius 2 is 2.06 bits per heavy atom. The number of nitrogens with one attached hydrogen (secondary N) is 1. The molecule has 0 aromatic heterocycles. The maximum Gasteiger partial charge on any atom is 0.154 e. The third kappa shape index (κ3) is 4.38. The summed E-state index contributed by atoms with van der Waals surface area (Å²) < 4.78 is 23.6. The van der Waals surface area contributed by atoms with Gasteiger partial charge in [0.1, 0.15) is 0 Å². The Bertz CT molecular complexity index is 454. The lowest BCUT2D eigenvalue weighted by Crippen LogP contribution is -2.24. The first-order valence-electron chi connectivity index (χ1n) is 5.98. The lowest BCUT2D eigenvalue weighted by atomic mass is 10.2. The van der Waals surface area contributed by atoms with Crippen LogP contribution in [0.1, 0.15) is 25.8 Å². The summed E-state index contributed by atoms with van der Waals surface area (Å²) in [4.78, 5) is 0. The highest BCUT2D eigenvalue weighted by Crippen LogP contribution is 2.10. The minimum atomic E-state index is -2.95. The highest BCUT2D eigenvalue weighted by atomic mass is 32.2. The van der Waals surface area contributed by atoms with Gasteiger partial charge in [0.2, 0.25) is 0 Å². The fraction of sp³-hybridized carbons (Fsp3) is 0.538. The number of rotatable bonds is 6. The lowest BCUT2D eigenvalue weighted by Gasteiger charge is -2.11. The molecule has 1 atom stereocenters. The third-order valence-corrected chi connectivity index (χ3v) is 5.25. The van der Waals surface area contributed by atoms with Crippen molar-refractivity contribution in [1.29, 1.82) is 0 Å². The molecule has 0 radical (unpaired) electrons. The van der Waals surface area contributed by atoms with E-state index in [1.165, 1.54) is 5.56 Å². The van der Waals surface area contributed by atoms with E-state index in [9.17, 15) is 8.42 Å². The van der Waals surface area contributed by atoms with Gasteiger partial charge in [-0.3, -0.25) is 0 Å². The Hall–Kier alpha value is -1.03. The van der Waals surface area contributed by atoms with E-state index in [1.54, 1.807) is 6.92 Å². The summed E-state index contributed by atoms with van der Waals surface area (Å²) >= 11 is 0. The Kier molecular flexibility index (Phi) is 5.00. The summed E-state index contributed by atoms with van der Waals surface area (Å²) in [6.07, 6.45) is 0.673. The van der Waals surface area contributed by atoms with Crippen LogP contribution < -0.4 is 5.32 Å². The van der Waals surface area contributed by atoms with Gasteiger partial charge in [0.05, 0.1) is 11.0 Å². The van der Waals surface area contributed by atoms with Crippen molar-refractivity contribution in [3.8, 4) is 0 Å². The number of anilines is 1. The third-order valence-electron chi connectivity index (χ3n) is 2.92. The molecule has 1 aromatic rings. The highest BCUT2D eigenvalue weighted by molar-refractivity contribution is 7.92. The van der Waals surface area contributed by atoms with Crippen LogP contribution in [0.25, 0.3) is 0 Å². The van der Waals surface area contributed by atoms with Gasteiger partial charge in [0.25, 0.3) is 0 Å². The molecule has 1 aromatic carbocycles. The van der Waals surface area contributed by atoms with Crippen molar-refractivity contribution in [2.45, 2.75) is 32.4 Å². The van der Waals surface area contributed by atoms with Crippen molar-refractivity contribution in [3.63, 3.8) is 0 Å². The largest absolute Gasteiger partial charge is 0.384 e. The zero-order valence-corrected chi connectivity index (χ0v) is 11.5. The Balaban J connectivity index is 2.48. The summed E-state index contributed by atoms with van der Waals surface area (Å²) in [5, 5.41) is 2.89. The maximum absolute atomic E-state index is 11.8. The van der Waals surface area contributed by atoms with Gasteiger partial charge in [0.15, 0.2) is 9.84 Å². The van der Waals surface area contributed by atoms with Gasteiger partial charge in [-0.05, 0) is 38.0 Å². The van der Waals surface area contributed by atoms with E-state index in [0.717, 1.165) is 5.69 Å². The molecule has 0 fully saturated rings. The summed E-state index contributed by atoms with van der Waals surface area (Å²) in [5.74, 6) is 0.190. The smallest absolute Gasteiger partial charge is 0.154 e. The minimum absolute atomic E-state index is 0.190. The molecule has 3 nitrogen and oxygen atoms in total. The Morgan fingerprint density at radius 1 is 1.35 bits per heavy atom. The molecule has 96 valence electrons. The maximum atomic E-state index is 11.8. The molecule has 4 heteroatoms. The molecule has 0 heterocycles. The van der Waals surface area contributed by atoms with Crippen LogP contribution in [-0.4, -0.2) is 26.0 Å². The molecule has 1 N–H and O–H groups in total. The fourth-order valence-electron chi connectivity index (χ4n) is 1.55. The molecule has 0 bridgehead atoms. The number of sulfone groups is 1. The molecular weight excluding hydrogens is 234 g/mol.